The molecule has 1 N–H and O–H groups in total. The topological polar surface area (TPSA) is 55.2 Å². The summed E-state index contributed by atoms with van der Waals surface area (Å²) in [4.78, 5) is 8.06. The van der Waals surface area contributed by atoms with Crippen molar-refractivity contribution in [2.45, 2.75) is 26.4 Å². The Morgan fingerprint density at radius 3 is 2.70 bits per heavy atom. The first kappa shape index (κ1) is 14.5. The minimum atomic E-state index is -0.765. The number of ether oxygens (including phenoxy) is 1. The summed E-state index contributed by atoms with van der Waals surface area (Å²) in [6.45, 7) is 4.36. The molecular formula is C16H20N2O2. The Hall–Kier alpha value is -1.94. The van der Waals surface area contributed by atoms with Gasteiger partial charge in [0.25, 0.3) is 0 Å². The van der Waals surface area contributed by atoms with Crippen molar-refractivity contribution >= 4 is 0 Å². The molecule has 0 bridgehead atoms. The van der Waals surface area contributed by atoms with Crippen LogP contribution >= 0.6 is 0 Å². The van der Waals surface area contributed by atoms with Gasteiger partial charge in [0.1, 0.15) is 12.4 Å². The van der Waals surface area contributed by atoms with E-state index in [-0.39, 0.29) is 0 Å². The number of rotatable bonds is 5. The van der Waals surface area contributed by atoms with Gasteiger partial charge in [-0.1, -0.05) is 38.1 Å². The van der Waals surface area contributed by atoms with E-state index in [1.165, 1.54) is 11.9 Å². The zero-order valence-corrected chi connectivity index (χ0v) is 12.1. The van der Waals surface area contributed by atoms with Crippen LogP contribution in [0.3, 0.4) is 0 Å². The highest BCUT2D eigenvalue weighted by Gasteiger charge is 2.13. The van der Waals surface area contributed by atoms with Crippen molar-refractivity contribution in [2.24, 2.45) is 5.92 Å². The van der Waals surface area contributed by atoms with E-state index in [4.69, 9.17) is 4.74 Å². The number of nitrogens with zero attached hydrogens (tertiary/aromatic N) is 2. The lowest BCUT2D eigenvalue weighted by Gasteiger charge is -2.13. The van der Waals surface area contributed by atoms with Gasteiger partial charge in [-0.15, -0.1) is 0 Å². The third-order valence-electron chi connectivity index (χ3n) is 3.06. The molecule has 0 aliphatic heterocycles. The molecule has 1 unspecified atom stereocenters. The number of hydrogen-bond acceptors (Lipinski definition) is 4. The number of aliphatic hydroxyl groups is 1. The minimum Gasteiger partial charge on any atom is -0.481 e. The fourth-order valence-electron chi connectivity index (χ4n) is 2.15. The van der Waals surface area contributed by atoms with Gasteiger partial charge >= 0.3 is 0 Å². The molecule has 1 heterocycles. The number of methoxy groups -OCH3 is 1. The molecule has 2 rings (SSSR count). The van der Waals surface area contributed by atoms with Crippen LogP contribution in [0.25, 0.3) is 0 Å². The summed E-state index contributed by atoms with van der Waals surface area (Å²) < 4.78 is 5.06. The molecule has 4 heteroatoms. The molecule has 0 fully saturated rings. The molecular weight excluding hydrogens is 252 g/mol. The summed E-state index contributed by atoms with van der Waals surface area (Å²) in [6, 6.07) is 9.63. The molecule has 1 aromatic carbocycles. The lowest BCUT2D eigenvalue weighted by atomic mass is 9.98. The average Bonchev–Trinajstić information content (AvgIpc) is 2.46. The maximum atomic E-state index is 10.4. The van der Waals surface area contributed by atoms with Gasteiger partial charge in [-0.3, -0.25) is 0 Å². The van der Waals surface area contributed by atoms with Gasteiger partial charge in [-0.25, -0.2) is 9.97 Å². The second-order valence-electron chi connectivity index (χ2n) is 5.23. The Morgan fingerprint density at radius 1 is 1.20 bits per heavy atom. The zero-order valence-electron chi connectivity index (χ0n) is 12.1. The third-order valence-corrected chi connectivity index (χ3v) is 3.06. The van der Waals surface area contributed by atoms with Gasteiger partial charge in [0.15, 0.2) is 0 Å². The van der Waals surface area contributed by atoms with Crippen molar-refractivity contribution in [3.63, 3.8) is 0 Å². The monoisotopic (exact) mass is 272 g/mol. The molecule has 0 spiro atoms. The Morgan fingerprint density at radius 2 is 2.00 bits per heavy atom. The van der Waals surface area contributed by atoms with E-state index >= 15 is 0 Å². The number of hydrogen-bond donors (Lipinski definition) is 1. The van der Waals surface area contributed by atoms with E-state index in [0.717, 1.165) is 12.0 Å². The van der Waals surface area contributed by atoms with Gasteiger partial charge < -0.3 is 9.84 Å². The molecule has 4 nitrogen and oxygen atoms in total. The maximum absolute atomic E-state index is 10.4. The first-order chi connectivity index (χ1) is 9.60. The smallest absolute Gasteiger partial charge is 0.216 e. The molecule has 1 atom stereocenters. The summed E-state index contributed by atoms with van der Waals surface area (Å²) in [7, 11) is 1.54. The largest absolute Gasteiger partial charge is 0.481 e. The standard InChI is InChI=1S/C16H20N2O2/c1-11(2)7-12-5-4-6-13(8-12)16(19)14-9-15(20-3)18-10-17-14/h4-6,8-11,16,19H,7H2,1-3H3. The van der Waals surface area contributed by atoms with Crippen molar-refractivity contribution in [3.8, 4) is 5.88 Å². The van der Waals surface area contributed by atoms with Crippen LogP contribution in [-0.4, -0.2) is 22.2 Å². The molecule has 0 saturated carbocycles. The van der Waals surface area contributed by atoms with Crippen LogP contribution in [0.4, 0.5) is 0 Å². The van der Waals surface area contributed by atoms with Crippen LogP contribution in [0.15, 0.2) is 36.7 Å². The fourth-order valence-corrected chi connectivity index (χ4v) is 2.15. The van der Waals surface area contributed by atoms with E-state index in [1.54, 1.807) is 13.2 Å². The number of benzene rings is 1. The quantitative estimate of drug-likeness (QED) is 0.909. The van der Waals surface area contributed by atoms with Gasteiger partial charge in [0.05, 0.1) is 12.8 Å². The van der Waals surface area contributed by atoms with Gasteiger partial charge in [0, 0.05) is 6.07 Å². The second-order valence-corrected chi connectivity index (χ2v) is 5.23. The van der Waals surface area contributed by atoms with Gasteiger partial charge in [-0.2, -0.15) is 0 Å². The predicted octanol–water partition coefficient (Wildman–Crippen LogP) is 2.77. The summed E-state index contributed by atoms with van der Waals surface area (Å²) in [5, 5.41) is 10.4. The number of aromatic nitrogens is 2. The maximum Gasteiger partial charge on any atom is 0.216 e. The molecule has 1 aromatic heterocycles. The SMILES string of the molecule is COc1cc(C(O)c2cccc(CC(C)C)c2)ncn1. The van der Waals surface area contributed by atoms with E-state index in [0.29, 0.717) is 17.5 Å². The summed E-state index contributed by atoms with van der Waals surface area (Å²) in [5.74, 6) is 1.04. The van der Waals surface area contributed by atoms with Crippen molar-refractivity contribution in [1.82, 2.24) is 9.97 Å². The molecule has 106 valence electrons. The lowest BCUT2D eigenvalue weighted by molar-refractivity contribution is 0.214. The van der Waals surface area contributed by atoms with E-state index < -0.39 is 6.10 Å². The van der Waals surface area contributed by atoms with Crippen molar-refractivity contribution in [3.05, 3.63) is 53.5 Å². The average molecular weight is 272 g/mol. The van der Waals surface area contributed by atoms with Crippen LogP contribution in [0.2, 0.25) is 0 Å². The van der Waals surface area contributed by atoms with Crippen LogP contribution in [-0.2, 0) is 6.42 Å². The van der Waals surface area contributed by atoms with Crippen LogP contribution in [0, 0.1) is 5.92 Å². The molecule has 20 heavy (non-hydrogen) atoms. The molecule has 0 aliphatic carbocycles. The lowest BCUT2D eigenvalue weighted by Crippen LogP contribution is -2.05. The molecule has 0 aliphatic rings. The molecule has 2 aromatic rings. The highest BCUT2D eigenvalue weighted by atomic mass is 16.5. The van der Waals surface area contributed by atoms with E-state index in [2.05, 4.69) is 29.9 Å². The number of aliphatic hydroxyl groups excluding tert-OH is 1. The molecule has 0 saturated heterocycles. The molecule has 0 radical (unpaired) electrons. The van der Waals surface area contributed by atoms with E-state index in [9.17, 15) is 5.11 Å². The Labute approximate surface area is 119 Å². The summed E-state index contributed by atoms with van der Waals surface area (Å²) in [5.41, 5.74) is 2.60. The molecule has 0 amide bonds. The summed E-state index contributed by atoms with van der Waals surface area (Å²) >= 11 is 0. The third kappa shape index (κ3) is 3.54. The fraction of sp³-hybridized carbons (Fsp3) is 0.375. The zero-order chi connectivity index (χ0) is 14.5. The normalized spacial score (nSPS) is 12.4. The van der Waals surface area contributed by atoms with Crippen molar-refractivity contribution in [2.75, 3.05) is 7.11 Å². The van der Waals surface area contributed by atoms with Crippen molar-refractivity contribution in [1.29, 1.82) is 0 Å². The highest BCUT2D eigenvalue weighted by Crippen LogP contribution is 2.23. The Kier molecular flexibility index (Phi) is 4.69. The minimum absolute atomic E-state index is 0.451. The van der Waals surface area contributed by atoms with Gasteiger partial charge in [-0.05, 0) is 23.5 Å². The van der Waals surface area contributed by atoms with Crippen LogP contribution in [0.5, 0.6) is 5.88 Å². The van der Waals surface area contributed by atoms with Crippen LogP contribution < -0.4 is 4.74 Å². The highest BCUT2D eigenvalue weighted by molar-refractivity contribution is 5.31. The predicted molar refractivity (Wildman–Crippen MR) is 77.6 cm³/mol. The Balaban J connectivity index is 2.25. The van der Waals surface area contributed by atoms with Crippen LogP contribution in [0.1, 0.15) is 36.8 Å². The van der Waals surface area contributed by atoms with Crippen molar-refractivity contribution < 1.29 is 9.84 Å². The van der Waals surface area contributed by atoms with Gasteiger partial charge in [0.2, 0.25) is 5.88 Å². The first-order valence-electron chi connectivity index (χ1n) is 6.73. The Bertz CT molecular complexity index is 570. The summed E-state index contributed by atoms with van der Waals surface area (Å²) in [6.07, 6.45) is 1.63. The first-order valence-corrected chi connectivity index (χ1v) is 6.73. The van der Waals surface area contributed by atoms with E-state index in [1.807, 2.05) is 18.2 Å². The second kappa shape index (κ2) is 6.48.